The zero-order chi connectivity index (χ0) is 20.1. The smallest absolute Gasteiger partial charge is 0.262 e. The van der Waals surface area contributed by atoms with Crippen LogP contribution < -0.4 is 10.9 Å². The maximum absolute atomic E-state index is 12.9. The van der Waals surface area contributed by atoms with Crippen molar-refractivity contribution in [2.45, 2.75) is 25.0 Å². The van der Waals surface area contributed by atoms with Gasteiger partial charge in [-0.3, -0.25) is 18.8 Å². The van der Waals surface area contributed by atoms with Crippen LogP contribution in [0.4, 0.5) is 5.82 Å². The third-order valence-electron chi connectivity index (χ3n) is 4.16. The van der Waals surface area contributed by atoms with Crippen LogP contribution in [0.1, 0.15) is 12.1 Å². The minimum absolute atomic E-state index is 0.105. The number of thioether (sulfide) groups is 1. The molecule has 0 radical (unpaired) electrons. The second-order valence-electron chi connectivity index (χ2n) is 6.35. The van der Waals surface area contributed by atoms with E-state index in [1.807, 2.05) is 19.1 Å². The number of rotatable bonds is 8. The number of fused-ring (bicyclic) bond motifs is 1. The Bertz CT molecular complexity index is 1040. The van der Waals surface area contributed by atoms with Crippen LogP contribution in [0, 0.1) is 6.92 Å². The zero-order valence-electron chi connectivity index (χ0n) is 16.1. The lowest BCUT2D eigenvalue weighted by Gasteiger charge is -2.13. The van der Waals surface area contributed by atoms with Crippen LogP contribution in [-0.4, -0.2) is 44.7 Å². The summed E-state index contributed by atoms with van der Waals surface area (Å²) in [5.41, 5.74) is 1.35. The highest BCUT2D eigenvalue weighted by Gasteiger charge is 2.14. The number of hydrogen-bond acceptors (Lipinski definition) is 6. The van der Waals surface area contributed by atoms with Crippen LogP contribution in [-0.2, 0) is 23.1 Å². The molecule has 8 nitrogen and oxygen atoms in total. The van der Waals surface area contributed by atoms with E-state index in [0.717, 1.165) is 5.69 Å². The molecule has 0 atom stereocenters. The predicted molar refractivity (Wildman–Crippen MR) is 110 cm³/mol. The molecule has 0 aliphatic heterocycles. The van der Waals surface area contributed by atoms with Gasteiger partial charge in [-0.05, 0) is 25.5 Å². The van der Waals surface area contributed by atoms with E-state index in [2.05, 4.69) is 15.4 Å². The summed E-state index contributed by atoms with van der Waals surface area (Å²) in [4.78, 5) is 29.8. The Kier molecular flexibility index (Phi) is 6.48. The maximum atomic E-state index is 12.9. The molecule has 0 spiro atoms. The topological polar surface area (TPSA) is 91.0 Å². The second kappa shape index (κ2) is 9.03. The van der Waals surface area contributed by atoms with Gasteiger partial charge in [0.05, 0.1) is 22.3 Å². The maximum Gasteiger partial charge on any atom is 0.262 e. The molecule has 9 heteroatoms. The number of nitrogens with zero attached hydrogens (tertiary/aromatic N) is 4. The predicted octanol–water partition coefficient (Wildman–Crippen LogP) is 2.21. The third-order valence-corrected chi connectivity index (χ3v) is 5.14. The van der Waals surface area contributed by atoms with Crippen LogP contribution in [0.15, 0.2) is 40.3 Å². The monoisotopic (exact) mass is 401 g/mol. The minimum atomic E-state index is -0.182. The highest BCUT2D eigenvalue weighted by molar-refractivity contribution is 7.99. The molecule has 0 aliphatic carbocycles. The number of aryl methyl sites for hydroxylation is 2. The van der Waals surface area contributed by atoms with Gasteiger partial charge in [-0.2, -0.15) is 5.10 Å². The first-order valence-electron chi connectivity index (χ1n) is 8.91. The molecule has 3 aromatic rings. The molecule has 0 bridgehead atoms. The molecule has 0 fully saturated rings. The van der Waals surface area contributed by atoms with E-state index >= 15 is 0 Å². The van der Waals surface area contributed by atoms with Gasteiger partial charge < -0.3 is 10.1 Å². The van der Waals surface area contributed by atoms with Crippen molar-refractivity contribution in [3.63, 3.8) is 0 Å². The summed E-state index contributed by atoms with van der Waals surface area (Å²) >= 11 is 1.24. The molecular formula is C19H23N5O3S. The first-order chi connectivity index (χ1) is 13.5. The number of para-hydroxylation sites is 1. The average Bonchev–Trinajstić information content (AvgIpc) is 2.99. The molecule has 3 rings (SSSR count). The van der Waals surface area contributed by atoms with E-state index in [-0.39, 0.29) is 17.2 Å². The van der Waals surface area contributed by atoms with Crippen molar-refractivity contribution in [3.05, 3.63) is 46.4 Å². The van der Waals surface area contributed by atoms with E-state index in [0.29, 0.717) is 41.4 Å². The van der Waals surface area contributed by atoms with Gasteiger partial charge in [0.15, 0.2) is 5.16 Å². The van der Waals surface area contributed by atoms with Gasteiger partial charge in [0.1, 0.15) is 5.82 Å². The molecular weight excluding hydrogens is 378 g/mol. The molecule has 1 amide bonds. The molecule has 28 heavy (non-hydrogen) atoms. The Balaban J connectivity index is 1.80. The number of hydrogen-bond donors (Lipinski definition) is 1. The van der Waals surface area contributed by atoms with Crippen molar-refractivity contribution >= 4 is 34.4 Å². The Hall–Kier alpha value is -2.65. The van der Waals surface area contributed by atoms with Crippen molar-refractivity contribution in [3.8, 4) is 0 Å². The Labute approximate surface area is 166 Å². The summed E-state index contributed by atoms with van der Waals surface area (Å²) in [5.74, 6) is 0.588. The van der Waals surface area contributed by atoms with Crippen molar-refractivity contribution in [1.29, 1.82) is 0 Å². The van der Waals surface area contributed by atoms with Crippen molar-refractivity contribution < 1.29 is 9.53 Å². The highest BCUT2D eigenvalue weighted by atomic mass is 32.2. The number of carbonyl (C=O) groups is 1. The second-order valence-corrected chi connectivity index (χ2v) is 7.29. The first-order valence-corrected chi connectivity index (χ1v) is 9.90. The lowest BCUT2D eigenvalue weighted by atomic mass is 10.2. The van der Waals surface area contributed by atoms with Crippen LogP contribution in [0.5, 0.6) is 0 Å². The first kappa shape index (κ1) is 20.1. The van der Waals surface area contributed by atoms with Gasteiger partial charge in [0.25, 0.3) is 5.56 Å². The number of benzene rings is 1. The summed E-state index contributed by atoms with van der Waals surface area (Å²) in [7, 11) is 3.40. The number of carbonyl (C=O) groups excluding carboxylic acids is 1. The molecule has 1 N–H and O–H groups in total. The Morgan fingerprint density at radius 2 is 2.11 bits per heavy atom. The molecule has 0 aliphatic rings. The molecule has 0 saturated heterocycles. The number of ether oxygens (including phenoxy) is 1. The van der Waals surface area contributed by atoms with Gasteiger partial charge in [0, 0.05) is 33.4 Å². The number of anilines is 1. The van der Waals surface area contributed by atoms with Crippen LogP contribution in [0.3, 0.4) is 0 Å². The average molecular weight is 401 g/mol. The molecule has 0 saturated carbocycles. The SMILES string of the molecule is COCCCn1c(SCC(=O)Nc2cc(C)nn2C)nc2ccccc2c1=O. The van der Waals surface area contributed by atoms with Gasteiger partial charge in [0.2, 0.25) is 5.91 Å². The fraction of sp³-hybridized carbons (Fsp3) is 0.368. The standard InChI is InChI=1S/C19H23N5O3S/c1-13-11-16(23(2)22-13)21-17(25)12-28-19-20-15-8-5-4-7-14(15)18(26)24(19)9-6-10-27-3/h4-5,7-8,11H,6,9-10,12H2,1-3H3,(H,21,25). The molecule has 2 heterocycles. The molecule has 2 aromatic heterocycles. The van der Waals surface area contributed by atoms with Gasteiger partial charge in [-0.15, -0.1) is 0 Å². The van der Waals surface area contributed by atoms with E-state index in [1.54, 1.807) is 41.6 Å². The summed E-state index contributed by atoms with van der Waals surface area (Å²) in [6.07, 6.45) is 0.685. The number of amides is 1. The zero-order valence-corrected chi connectivity index (χ0v) is 17.0. The Morgan fingerprint density at radius 3 is 2.82 bits per heavy atom. The largest absolute Gasteiger partial charge is 0.385 e. The number of aromatic nitrogens is 4. The molecule has 148 valence electrons. The van der Waals surface area contributed by atoms with Crippen molar-refractivity contribution in [2.24, 2.45) is 7.05 Å². The summed E-state index contributed by atoms with van der Waals surface area (Å²) in [6.45, 7) is 2.89. The quantitative estimate of drug-likeness (QED) is 0.354. The molecule has 0 unspecified atom stereocenters. The number of nitrogens with one attached hydrogen (secondary N) is 1. The number of methoxy groups -OCH3 is 1. The van der Waals surface area contributed by atoms with Crippen molar-refractivity contribution in [1.82, 2.24) is 19.3 Å². The van der Waals surface area contributed by atoms with E-state index in [1.165, 1.54) is 11.8 Å². The van der Waals surface area contributed by atoms with Gasteiger partial charge in [-0.1, -0.05) is 23.9 Å². The highest BCUT2D eigenvalue weighted by Crippen LogP contribution is 2.19. The van der Waals surface area contributed by atoms with Crippen LogP contribution in [0.25, 0.3) is 10.9 Å². The lowest BCUT2D eigenvalue weighted by molar-refractivity contribution is -0.113. The minimum Gasteiger partial charge on any atom is -0.385 e. The summed E-state index contributed by atoms with van der Waals surface area (Å²) in [6, 6.07) is 9.04. The van der Waals surface area contributed by atoms with E-state index in [9.17, 15) is 9.59 Å². The normalized spacial score (nSPS) is 11.1. The third kappa shape index (κ3) is 4.60. The van der Waals surface area contributed by atoms with Gasteiger partial charge >= 0.3 is 0 Å². The molecule has 1 aromatic carbocycles. The Morgan fingerprint density at radius 1 is 1.32 bits per heavy atom. The fourth-order valence-corrected chi connectivity index (χ4v) is 3.68. The van der Waals surface area contributed by atoms with E-state index in [4.69, 9.17) is 4.74 Å². The van der Waals surface area contributed by atoms with Crippen LogP contribution in [0.2, 0.25) is 0 Å². The van der Waals surface area contributed by atoms with Crippen LogP contribution >= 0.6 is 11.8 Å². The summed E-state index contributed by atoms with van der Waals surface area (Å²) < 4.78 is 8.33. The van der Waals surface area contributed by atoms with E-state index < -0.39 is 0 Å². The van der Waals surface area contributed by atoms with Crippen molar-refractivity contribution in [2.75, 3.05) is 24.8 Å². The fourth-order valence-electron chi connectivity index (χ4n) is 2.86. The van der Waals surface area contributed by atoms with Gasteiger partial charge in [-0.25, -0.2) is 4.98 Å². The lowest BCUT2D eigenvalue weighted by Crippen LogP contribution is -2.25. The summed E-state index contributed by atoms with van der Waals surface area (Å²) in [5, 5.41) is 8.13.